The number of rotatable bonds is 11. The molecular weight excluding hydrogens is 336 g/mol. The molecule has 0 spiro atoms. The van der Waals surface area contributed by atoms with E-state index in [-0.39, 0.29) is 5.91 Å². The number of carbonyl (C=O) groups is 1. The van der Waals surface area contributed by atoms with Crippen LogP contribution in [0.5, 0.6) is 0 Å². The Morgan fingerprint density at radius 3 is 2.76 bits per heavy atom. The van der Waals surface area contributed by atoms with Crippen LogP contribution >= 0.6 is 15.9 Å². The number of para-hydroxylation sites is 1. The molecule has 6 heteroatoms. The van der Waals surface area contributed by atoms with E-state index in [4.69, 9.17) is 9.47 Å². The standard InChI is InChI=1S/C15H23BrN2O3/c1-20-10-11-21-9-5-4-8-17-12-15(19)18-14-7-3-2-6-13(14)16/h2-3,6-7,17H,4-5,8-12H2,1H3,(H,18,19). The fourth-order valence-corrected chi connectivity index (χ4v) is 2.04. The highest BCUT2D eigenvalue weighted by molar-refractivity contribution is 9.10. The van der Waals surface area contributed by atoms with E-state index in [0.717, 1.165) is 36.2 Å². The zero-order valence-electron chi connectivity index (χ0n) is 12.4. The zero-order chi connectivity index (χ0) is 15.3. The van der Waals surface area contributed by atoms with Gasteiger partial charge in [-0.25, -0.2) is 0 Å². The van der Waals surface area contributed by atoms with Crippen molar-refractivity contribution in [3.8, 4) is 0 Å². The molecule has 2 N–H and O–H groups in total. The molecule has 0 unspecified atom stereocenters. The number of hydrogen-bond acceptors (Lipinski definition) is 4. The van der Waals surface area contributed by atoms with E-state index in [2.05, 4.69) is 26.6 Å². The maximum Gasteiger partial charge on any atom is 0.238 e. The van der Waals surface area contributed by atoms with Crippen molar-refractivity contribution in [2.75, 3.05) is 45.3 Å². The summed E-state index contributed by atoms with van der Waals surface area (Å²) in [5.41, 5.74) is 0.788. The Hall–Kier alpha value is -0.950. The quantitative estimate of drug-likeness (QED) is 0.596. The molecule has 21 heavy (non-hydrogen) atoms. The van der Waals surface area contributed by atoms with Crippen LogP contribution in [0, 0.1) is 0 Å². The molecule has 0 aliphatic rings. The van der Waals surface area contributed by atoms with Gasteiger partial charge in [-0.05, 0) is 47.4 Å². The van der Waals surface area contributed by atoms with Crippen molar-refractivity contribution in [3.05, 3.63) is 28.7 Å². The number of nitrogens with one attached hydrogen (secondary N) is 2. The maximum atomic E-state index is 11.7. The molecule has 5 nitrogen and oxygen atoms in total. The summed E-state index contributed by atoms with van der Waals surface area (Å²) in [6, 6.07) is 7.55. The summed E-state index contributed by atoms with van der Waals surface area (Å²) in [5.74, 6) is -0.0433. The van der Waals surface area contributed by atoms with Crippen molar-refractivity contribution < 1.29 is 14.3 Å². The predicted octanol–water partition coefficient (Wildman–Crippen LogP) is 2.42. The van der Waals surface area contributed by atoms with Crippen molar-refractivity contribution in [1.82, 2.24) is 5.32 Å². The van der Waals surface area contributed by atoms with E-state index in [1.54, 1.807) is 7.11 Å². The summed E-state index contributed by atoms with van der Waals surface area (Å²) in [6.07, 6.45) is 1.96. The van der Waals surface area contributed by atoms with E-state index in [9.17, 15) is 4.79 Å². The molecule has 0 aromatic heterocycles. The molecule has 0 bridgehead atoms. The number of carbonyl (C=O) groups excluding carboxylic acids is 1. The molecule has 1 aromatic rings. The summed E-state index contributed by atoms with van der Waals surface area (Å²) in [5, 5.41) is 5.97. The Bertz CT molecular complexity index is 416. The van der Waals surface area contributed by atoms with Gasteiger partial charge >= 0.3 is 0 Å². The Kier molecular flexibility index (Phi) is 10.1. The Labute approximate surface area is 134 Å². The van der Waals surface area contributed by atoms with E-state index >= 15 is 0 Å². The number of amides is 1. The van der Waals surface area contributed by atoms with Crippen LogP contribution in [0.25, 0.3) is 0 Å². The molecule has 0 saturated heterocycles. The largest absolute Gasteiger partial charge is 0.382 e. The first-order valence-corrected chi connectivity index (χ1v) is 7.85. The molecule has 0 aliphatic heterocycles. The summed E-state index contributed by atoms with van der Waals surface area (Å²) >= 11 is 3.39. The predicted molar refractivity (Wildman–Crippen MR) is 87.6 cm³/mol. The van der Waals surface area contributed by atoms with Gasteiger partial charge in [-0.1, -0.05) is 12.1 Å². The molecule has 0 aliphatic carbocycles. The van der Waals surface area contributed by atoms with Gasteiger partial charge in [0.25, 0.3) is 0 Å². The van der Waals surface area contributed by atoms with Crippen LogP contribution < -0.4 is 10.6 Å². The molecule has 1 aromatic carbocycles. The van der Waals surface area contributed by atoms with Crippen molar-refractivity contribution in [2.24, 2.45) is 0 Å². The minimum absolute atomic E-state index is 0.0433. The highest BCUT2D eigenvalue weighted by Crippen LogP contribution is 2.20. The SMILES string of the molecule is COCCOCCCCNCC(=O)Nc1ccccc1Br. The Balaban J connectivity index is 2.00. The lowest BCUT2D eigenvalue weighted by atomic mass is 10.3. The van der Waals surface area contributed by atoms with Crippen molar-refractivity contribution in [3.63, 3.8) is 0 Å². The second-order valence-electron chi connectivity index (χ2n) is 4.52. The number of hydrogen-bond donors (Lipinski definition) is 2. The minimum atomic E-state index is -0.0433. The highest BCUT2D eigenvalue weighted by Gasteiger charge is 2.03. The number of halogens is 1. The van der Waals surface area contributed by atoms with Crippen molar-refractivity contribution in [2.45, 2.75) is 12.8 Å². The fourth-order valence-electron chi connectivity index (χ4n) is 1.66. The molecule has 0 atom stereocenters. The molecule has 0 saturated carbocycles. The third-order valence-electron chi connectivity index (χ3n) is 2.76. The van der Waals surface area contributed by atoms with Gasteiger partial charge in [0.1, 0.15) is 0 Å². The lowest BCUT2D eigenvalue weighted by Gasteiger charge is -2.08. The van der Waals surface area contributed by atoms with Gasteiger partial charge < -0.3 is 20.1 Å². The van der Waals surface area contributed by atoms with Gasteiger partial charge in [0.05, 0.1) is 25.4 Å². The highest BCUT2D eigenvalue weighted by atomic mass is 79.9. The molecule has 118 valence electrons. The second kappa shape index (κ2) is 11.7. The smallest absolute Gasteiger partial charge is 0.238 e. The third-order valence-corrected chi connectivity index (χ3v) is 3.45. The first-order chi connectivity index (χ1) is 10.2. The van der Waals surface area contributed by atoms with Gasteiger partial charge in [0.2, 0.25) is 5.91 Å². The number of benzene rings is 1. The maximum absolute atomic E-state index is 11.7. The first kappa shape index (κ1) is 18.1. The molecule has 1 amide bonds. The average molecular weight is 359 g/mol. The lowest BCUT2D eigenvalue weighted by Crippen LogP contribution is -2.29. The topological polar surface area (TPSA) is 59.6 Å². The van der Waals surface area contributed by atoms with Gasteiger partial charge in [0.15, 0.2) is 0 Å². The molecule has 1 rings (SSSR count). The summed E-state index contributed by atoms with van der Waals surface area (Å²) in [7, 11) is 1.66. The van der Waals surface area contributed by atoms with Crippen LogP contribution in [0.1, 0.15) is 12.8 Å². The van der Waals surface area contributed by atoms with Crippen LogP contribution in [0.3, 0.4) is 0 Å². The number of methoxy groups -OCH3 is 1. The van der Waals surface area contributed by atoms with Crippen molar-refractivity contribution in [1.29, 1.82) is 0 Å². The third kappa shape index (κ3) is 8.83. The Morgan fingerprint density at radius 1 is 1.19 bits per heavy atom. The number of ether oxygens (including phenoxy) is 2. The molecule has 0 heterocycles. The summed E-state index contributed by atoms with van der Waals surface area (Å²) in [4.78, 5) is 11.7. The summed E-state index contributed by atoms with van der Waals surface area (Å²) in [6.45, 7) is 3.11. The van der Waals surface area contributed by atoms with E-state index in [1.807, 2.05) is 24.3 Å². The lowest BCUT2D eigenvalue weighted by molar-refractivity contribution is -0.115. The number of anilines is 1. The number of unbranched alkanes of at least 4 members (excludes halogenated alkanes) is 1. The molecule has 0 radical (unpaired) electrons. The second-order valence-corrected chi connectivity index (χ2v) is 5.37. The monoisotopic (exact) mass is 358 g/mol. The van der Waals surface area contributed by atoms with Crippen LogP contribution in [0.2, 0.25) is 0 Å². The zero-order valence-corrected chi connectivity index (χ0v) is 13.9. The molecular formula is C15H23BrN2O3. The van der Waals surface area contributed by atoms with Crippen LogP contribution in [-0.2, 0) is 14.3 Å². The van der Waals surface area contributed by atoms with Crippen molar-refractivity contribution >= 4 is 27.5 Å². The van der Waals surface area contributed by atoms with Gasteiger partial charge in [-0.2, -0.15) is 0 Å². The first-order valence-electron chi connectivity index (χ1n) is 7.06. The van der Waals surface area contributed by atoms with Gasteiger partial charge in [-0.3, -0.25) is 4.79 Å². The minimum Gasteiger partial charge on any atom is -0.382 e. The summed E-state index contributed by atoms with van der Waals surface area (Å²) < 4.78 is 11.1. The van der Waals surface area contributed by atoms with E-state index < -0.39 is 0 Å². The Morgan fingerprint density at radius 2 is 2.00 bits per heavy atom. The van der Waals surface area contributed by atoms with Gasteiger partial charge in [0, 0.05) is 18.2 Å². The van der Waals surface area contributed by atoms with Gasteiger partial charge in [-0.15, -0.1) is 0 Å². The fraction of sp³-hybridized carbons (Fsp3) is 0.533. The van der Waals surface area contributed by atoms with Crippen LogP contribution in [0.15, 0.2) is 28.7 Å². The van der Waals surface area contributed by atoms with Crippen LogP contribution in [-0.4, -0.2) is 45.9 Å². The van der Waals surface area contributed by atoms with E-state index in [0.29, 0.717) is 19.8 Å². The average Bonchev–Trinajstić information content (AvgIpc) is 2.48. The van der Waals surface area contributed by atoms with E-state index in [1.165, 1.54) is 0 Å². The molecule has 0 fully saturated rings. The van der Waals surface area contributed by atoms with Crippen LogP contribution in [0.4, 0.5) is 5.69 Å². The normalized spacial score (nSPS) is 10.6.